The lowest BCUT2D eigenvalue weighted by Crippen LogP contribution is -2.50. The molecule has 124 valence electrons. The summed E-state index contributed by atoms with van der Waals surface area (Å²) in [5.41, 5.74) is 6.62. The van der Waals surface area contributed by atoms with Crippen LogP contribution in [0, 0.1) is 11.8 Å². The van der Waals surface area contributed by atoms with Gasteiger partial charge in [-0.3, -0.25) is 0 Å². The van der Waals surface area contributed by atoms with E-state index in [-0.39, 0.29) is 0 Å². The van der Waals surface area contributed by atoms with Gasteiger partial charge in [-0.25, -0.2) is 0 Å². The van der Waals surface area contributed by atoms with E-state index in [0.29, 0.717) is 44.6 Å². The molecule has 0 aromatic heterocycles. The molecule has 1 fully saturated rings. The predicted molar refractivity (Wildman–Crippen MR) is 89.3 cm³/mol. The Labute approximate surface area is 134 Å². The molecule has 0 amide bonds. The maximum atomic E-state index is 13.0. The van der Waals surface area contributed by atoms with Crippen LogP contribution >= 0.6 is 0 Å². The maximum absolute atomic E-state index is 13.0. The highest BCUT2D eigenvalue weighted by Crippen LogP contribution is 2.25. The van der Waals surface area contributed by atoms with Crippen molar-refractivity contribution in [3.05, 3.63) is 35.9 Å². The standard InChI is InChI=1S/C16H27N3O2S/c1-14-10-15(2)12-19(11-14)22(20,21)18(9-8-17)13-16-6-4-3-5-7-16/h3-7,14-15H,8-13,17H2,1-2H3. The minimum absolute atomic E-state index is 0.324. The van der Waals surface area contributed by atoms with Crippen molar-refractivity contribution in [1.29, 1.82) is 0 Å². The van der Waals surface area contributed by atoms with Gasteiger partial charge in [0.25, 0.3) is 10.2 Å². The maximum Gasteiger partial charge on any atom is 0.282 e. The molecule has 1 aromatic carbocycles. The normalized spacial score (nSPS) is 23.8. The molecule has 0 spiro atoms. The number of nitrogens with zero attached hydrogens (tertiary/aromatic N) is 2. The second kappa shape index (κ2) is 7.55. The average molecular weight is 325 g/mol. The summed E-state index contributed by atoms with van der Waals surface area (Å²) in [4.78, 5) is 0. The van der Waals surface area contributed by atoms with Crippen molar-refractivity contribution in [2.75, 3.05) is 26.2 Å². The third-order valence-electron chi connectivity index (χ3n) is 4.07. The first kappa shape index (κ1) is 17.4. The summed E-state index contributed by atoms with van der Waals surface area (Å²) >= 11 is 0. The number of rotatable bonds is 6. The van der Waals surface area contributed by atoms with Crippen molar-refractivity contribution in [3.63, 3.8) is 0 Å². The second-order valence-electron chi connectivity index (χ2n) is 6.38. The van der Waals surface area contributed by atoms with Crippen LogP contribution in [0.4, 0.5) is 0 Å². The van der Waals surface area contributed by atoms with Gasteiger partial charge in [0.2, 0.25) is 0 Å². The summed E-state index contributed by atoms with van der Waals surface area (Å²) < 4.78 is 29.1. The van der Waals surface area contributed by atoms with E-state index in [1.165, 1.54) is 4.31 Å². The smallest absolute Gasteiger partial charge is 0.282 e. The highest BCUT2D eigenvalue weighted by Gasteiger charge is 2.34. The Kier molecular flexibility index (Phi) is 5.97. The molecule has 1 aliphatic heterocycles. The third kappa shape index (κ3) is 4.29. The molecule has 6 heteroatoms. The van der Waals surface area contributed by atoms with Crippen LogP contribution in [0.15, 0.2) is 30.3 Å². The number of hydrogen-bond acceptors (Lipinski definition) is 3. The summed E-state index contributed by atoms with van der Waals surface area (Å²) in [5.74, 6) is 0.796. The highest BCUT2D eigenvalue weighted by molar-refractivity contribution is 7.86. The Balaban J connectivity index is 2.18. The quantitative estimate of drug-likeness (QED) is 0.865. The fourth-order valence-corrected chi connectivity index (χ4v) is 5.03. The van der Waals surface area contributed by atoms with E-state index < -0.39 is 10.2 Å². The molecule has 1 aromatic rings. The summed E-state index contributed by atoms with van der Waals surface area (Å²) in [6, 6.07) is 9.67. The summed E-state index contributed by atoms with van der Waals surface area (Å²) in [5, 5.41) is 0. The van der Waals surface area contributed by atoms with Gasteiger partial charge in [0.15, 0.2) is 0 Å². The van der Waals surface area contributed by atoms with Gasteiger partial charge < -0.3 is 5.73 Å². The summed E-state index contributed by atoms with van der Waals surface area (Å²) in [7, 11) is -3.46. The van der Waals surface area contributed by atoms with E-state index in [4.69, 9.17) is 5.73 Å². The number of piperidine rings is 1. The molecule has 0 bridgehead atoms. The SMILES string of the molecule is CC1CC(C)CN(S(=O)(=O)N(CCN)Cc2ccccc2)C1. The van der Waals surface area contributed by atoms with Gasteiger partial charge in [0.1, 0.15) is 0 Å². The molecule has 2 atom stereocenters. The topological polar surface area (TPSA) is 66.6 Å². The molecular weight excluding hydrogens is 298 g/mol. The minimum Gasteiger partial charge on any atom is -0.329 e. The Morgan fingerprint density at radius 1 is 1.18 bits per heavy atom. The highest BCUT2D eigenvalue weighted by atomic mass is 32.2. The molecule has 1 saturated heterocycles. The van der Waals surface area contributed by atoms with Crippen molar-refractivity contribution in [1.82, 2.24) is 8.61 Å². The van der Waals surface area contributed by atoms with Crippen LogP contribution < -0.4 is 5.73 Å². The van der Waals surface area contributed by atoms with Gasteiger partial charge in [0.05, 0.1) is 0 Å². The zero-order valence-corrected chi connectivity index (χ0v) is 14.3. The average Bonchev–Trinajstić information content (AvgIpc) is 2.47. The van der Waals surface area contributed by atoms with Gasteiger partial charge in [-0.1, -0.05) is 44.2 Å². The third-order valence-corrected chi connectivity index (χ3v) is 5.98. The van der Waals surface area contributed by atoms with Crippen LogP contribution in [0.2, 0.25) is 0 Å². The largest absolute Gasteiger partial charge is 0.329 e. The van der Waals surface area contributed by atoms with Gasteiger partial charge >= 0.3 is 0 Å². The van der Waals surface area contributed by atoms with E-state index in [9.17, 15) is 8.42 Å². The fraction of sp³-hybridized carbons (Fsp3) is 0.625. The molecule has 22 heavy (non-hydrogen) atoms. The molecule has 2 rings (SSSR count). The second-order valence-corrected chi connectivity index (χ2v) is 8.31. The van der Waals surface area contributed by atoms with Crippen molar-refractivity contribution < 1.29 is 8.42 Å². The first-order valence-corrected chi connectivity index (χ1v) is 9.32. The molecule has 2 unspecified atom stereocenters. The molecule has 5 nitrogen and oxygen atoms in total. The Morgan fingerprint density at radius 2 is 1.77 bits per heavy atom. The van der Waals surface area contributed by atoms with Gasteiger partial charge in [-0.15, -0.1) is 0 Å². The van der Waals surface area contributed by atoms with Crippen LogP contribution in [0.3, 0.4) is 0 Å². The molecule has 2 N–H and O–H groups in total. The van der Waals surface area contributed by atoms with Crippen molar-refractivity contribution >= 4 is 10.2 Å². The van der Waals surface area contributed by atoms with Crippen LogP contribution in [-0.2, 0) is 16.8 Å². The lowest BCUT2D eigenvalue weighted by Gasteiger charge is -2.37. The first-order chi connectivity index (χ1) is 10.4. The van der Waals surface area contributed by atoms with Gasteiger partial charge in [-0.2, -0.15) is 17.0 Å². The molecule has 0 saturated carbocycles. The van der Waals surface area contributed by atoms with E-state index in [1.807, 2.05) is 30.3 Å². The number of benzene rings is 1. The summed E-state index contributed by atoms with van der Waals surface area (Å²) in [6.45, 7) is 6.47. The Bertz CT molecular complexity index is 552. The zero-order valence-electron chi connectivity index (χ0n) is 13.5. The van der Waals surface area contributed by atoms with Gasteiger partial charge in [0, 0.05) is 32.7 Å². The van der Waals surface area contributed by atoms with E-state index in [0.717, 1.165) is 12.0 Å². The number of nitrogens with two attached hydrogens (primary N) is 1. The molecule has 1 aliphatic rings. The molecule has 1 heterocycles. The van der Waals surface area contributed by atoms with Crippen LogP contribution in [0.5, 0.6) is 0 Å². The van der Waals surface area contributed by atoms with Crippen LogP contribution in [0.1, 0.15) is 25.8 Å². The van der Waals surface area contributed by atoms with E-state index in [1.54, 1.807) is 4.31 Å². The van der Waals surface area contributed by atoms with E-state index in [2.05, 4.69) is 13.8 Å². The van der Waals surface area contributed by atoms with Gasteiger partial charge in [-0.05, 0) is 23.8 Å². The fourth-order valence-electron chi connectivity index (χ4n) is 3.16. The van der Waals surface area contributed by atoms with Crippen LogP contribution in [-0.4, -0.2) is 43.2 Å². The Morgan fingerprint density at radius 3 is 2.32 bits per heavy atom. The van der Waals surface area contributed by atoms with E-state index >= 15 is 0 Å². The molecule has 0 aliphatic carbocycles. The van der Waals surface area contributed by atoms with Crippen molar-refractivity contribution in [2.24, 2.45) is 17.6 Å². The molecule has 0 radical (unpaired) electrons. The first-order valence-electron chi connectivity index (χ1n) is 7.92. The van der Waals surface area contributed by atoms with Crippen molar-refractivity contribution in [3.8, 4) is 0 Å². The lowest BCUT2D eigenvalue weighted by molar-refractivity contribution is 0.208. The monoisotopic (exact) mass is 325 g/mol. The minimum atomic E-state index is -3.46. The predicted octanol–water partition coefficient (Wildman–Crippen LogP) is 1.67. The molecular formula is C16H27N3O2S. The summed E-state index contributed by atoms with van der Waals surface area (Å²) in [6.07, 6.45) is 1.08. The van der Waals surface area contributed by atoms with Crippen LogP contribution in [0.25, 0.3) is 0 Å². The zero-order chi connectivity index (χ0) is 16.2. The lowest BCUT2D eigenvalue weighted by atomic mass is 9.94. The van der Waals surface area contributed by atoms with Crippen molar-refractivity contribution in [2.45, 2.75) is 26.8 Å². The number of hydrogen-bond donors (Lipinski definition) is 1. The Hall–Kier alpha value is -0.950.